The van der Waals surface area contributed by atoms with E-state index < -0.39 is 0 Å². The smallest absolute Gasteiger partial charge is 0.129 e. The van der Waals surface area contributed by atoms with Crippen LogP contribution in [0, 0.1) is 0 Å². The standard InChI is InChI=1S/C37H35N3O/c1-37(2,3)32-17-15-28(16-18-32)27-11-13-29(14-12-27)30-19-20-38-36(24-30)31-7-5-9-34(23-31)41-35-10-6-8-33(25-35)40-22-21-39(4)26-40/h5-25H,26H2,1-4H3. The predicted molar refractivity (Wildman–Crippen MR) is 170 cm³/mol. The summed E-state index contributed by atoms with van der Waals surface area (Å²) in [7, 11) is 2.06. The number of benzene rings is 4. The topological polar surface area (TPSA) is 28.6 Å². The van der Waals surface area contributed by atoms with Crippen molar-refractivity contribution in [3.8, 4) is 45.0 Å². The molecule has 2 heterocycles. The molecule has 0 radical (unpaired) electrons. The number of hydrogen-bond acceptors (Lipinski definition) is 4. The van der Waals surface area contributed by atoms with Crippen molar-refractivity contribution in [2.24, 2.45) is 0 Å². The zero-order valence-electron chi connectivity index (χ0n) is 24.1. The molecule has 204 valence electrons. The normalized spacial score (nSPS) is 13.1. The molecule has 5 aromatic rings. The van der Waals surface area contributed by atoms with Crippen LogP contribution in [0.2, 0.25) is 0 Å². The van der Waals surface area contributed by atoms with Gasteiger partial charge in [-0.15, -0.1) is 0 Å². The number of rotatable bonds is 6. The SMILES string of the molecule is CN1C=CN(c2cccc(Oc3cccc(-c4cc(-c5ccc(-c6ccc(C(C)(C)C)cc6)cc5)ccn4)c3)c2)C1. The highest BCUT2D eigenvalue weighted by Gasteiger charge is 2.14. The summed E-state index contributed by atoms with van der Waals surface area (Å²) in [6, 6.07) is 38.2. The molecule has 0 spiro atoms. The van der Waals surface area contributed by atoms with Gasteiger partial charge in [-0.1, -0.05) is 87.5 Å². The molecule has 1 aliphatic rings. The van der Waals surface area contributed by atoms with E-state index >= 15 is 0 Å². The summed E-state index contributed by atoms with van der Waals surface area (Å²) in [5.74, 6) is 1.58. The molecule has 0 fully saturated rings. The molecule has 1 aromatic heterocycles. The molecule has 0 unspecified atom stereocenters. The molecule has 0 bridgehead atoms. The second kappa shape index (κ2) is 11.0. The largest absolute Gasteiger partial charge is 0.457 e. The second-order valence-corrected chi connectivity index (χ2v) is 11.6. The first kappa shape index (κ1) is 26.4. The van der Waals surface area contributed by atoms with Gasteiger partial charge in [0.15, 0.2) is 0 Å². The van der Waals surface area contributed by atoms with Crippen molar-refractivity contribution in [3.63, 3.8) is 0 Å². The summed E-state index contributed by atoms with van der Waals surface area (Å²) in [4.78, 5) is 9.00. The lowest BCUT2D eigenvalue weighted by Crippen LogP contribution is -2.21. The highest BCUT2D eigenvalue weighted by Crippen LogP contribution is 2.32. The summed E-state index contributed by atoms with van der Waals surface area (Å²) in [5.41, 5.74) is 9.26. The van der Waals surface area contributed by atoms with Crippen LogP contribution in [0.5, 0.6) is 11.5 Å². The molecule has 4 nitrogen and oxygen atoms in total. The molecule has 0 atom stereocenters. The van der Waals surface area contributed by atoms with Crippen molar-refractivity contribution in [2.45, 2.75) is 26.2 Å². The van der Waals surface area contributed by atoms with Gasteiger partial charge in [0.25, 0.3) is 0 Å². The Morgan fingerprint density at radius 1 is 0.634 bits per heavy atom. The van der Waals surface area contributed by atoms with Crippen LogP contribution in [0.15, 0.2) is 128 Å². The van der Waals surface area contributed by atoms with Crippen molar-refractivity contribution >= 4 is 5.69 Å². The Morgan fingerprint density at radius 3 is 1.93 bits per heavy atom. The molecule has 4 aromatic carbocycles. The predicted octanol–water partition coefficient (Wildman–Crippen LogP) is 9.35. The number of nitrogens with zero attached hydrogens (tertiary/aromatic N) is 3. The van der Waals surface area contributed by atoms with Crippen LogP contribution in [-0.4, -0.2) is 23.6 Å². The third kappa shape index (κ3) is 6.02. The first-order valence-electron chi connectivity index (χ1n) is 14.0. The molecule has 41 heavy (non-hydrogen) atoms. The van der Waals surface area contributed by atoms with E-state index in [0.29, 0.717) is 0 Å². The first-order valence-corrected chi connectivity index (χ1v) is 14.0. The van der Waals surface area contributed by atoms with E-state index in [1.54, 1.807) is 0 Å². The lowest BCUT2D eigenvalue weighted by Gasteiger charge is -2.19. The number of anilines is 1. The fourth-order valence-corrected chi connectivity index (χ4v) is 5.06. The average Bonchev–Trinajstić information content (AvgIpc) is 3.43. The van der Waals surface area contributed by atoms with Crippen molar-refractivity contribution in [1.29, 1.82) is 0 Å². The fourth-order valence-electron chi connectivity index (χ4n) is 5.06. The van der Waals surface area contributed by atoms with E-state index in [0.717, 1.165) is 46.2 Å². The fraction of sp³-hybridized carbons (Fsp3) is 0.162. The number of ether oxygens (including phenoxy) is 1. The van der Waals surface area contributed by atoms with Crippen molar-refractivity contribution in [3.05, 3.63) is 133 Å². The van der Waals surface area contributed by atoms with Crippen LogP contribution in [-0.2, 0) is 5.41 Å². The summed E-state index contributed by atoms with van der Waals surface area (Å²) < 4.78 is 6.27. The quantitative estimate of drug-likeness (QED) is 0.216. The van der Waals surface area contributed by atoms with Gasteiger partial charge in [-0.3, -0.25) is 4.98 Å². The Morgan fingerprint density at radius 2 is 1.27 bits per heavy atom. The summed E-state index contributed by atoms with van der Waals surface area (Å²) >= 11 is 0. The average molecular weight is 538 g/mol. The zero-order chi connectivity index (χ0) is 28.4. The Balaban J connectivity index is 1.19. The second-order valence-electron chi connectivity index (χ2n) is 11.6. The monoisotopic (exact) mass is 537 g/mol. The van der Waals surface area contributed by atoms with Gasteiger partial charge in [0, 0.05) is 43.0 Å². The van der Waals surface area contributed by atoms with Crippen molar-refractivity contribution < 1.29 is 4.74 Å². The van der Waals surface area contributed by atoms with Crippen LogP contribution in [0.3, 0.4) is 0 Å². The molecule has 1 aliphatic heterocycles. The maximum Gasteiger partial charge on any atom is 0.129 e. The zero-order valence-corrected chi connectivity index (χ0v) is 24.1. The first-order chi connectivity index (χ1) is 19.8. The highest BCUT2D eigenvalue weighted by molar-refractivity contribution is 5.74. The van der Waals surface area contributed by atoms with Gasteiger partial charge in [0.1, 0.15) is 11.5 Å². The maximum atomic E-state index is 6.27. The molecule has 4 heteroatoms. The maximum absolute atomic E-state index is 6.27. The van der Waals surface area contributed by atoms with Crippen molar-refractivity contribution in [2.75, 3.05) is 18.6 Å². The van der Waals surface area contributed by atoms with Gasteiger partial charge in [-0.25, -0.2) is 0 Å². The van der Waals surface area contributed by atoms with E-state index in [2.05, 4.69) is 134 Å². The Hall–Kier alpha value is -4.83. The Labute approximate surface area is 243 Å². The third-order valence-electron chi connectivity index (χ3n) is 7.45. The van der Waals surface area contributed by atoms with E-state index in [1.165, 1.54) is 16.7 Å². The Bertz CT molecular complexity index is 1680. The molecule has 0 N–H and O–H groups in total. The van der Waals surface area contributed by atoms with Gasteiger partial charge in [-0.05, 0) is 69.6 Å². The summed E-state index contributed by atoms with van der Waals surface area (Å²) in [5, 5.41) is 0. The van der Waals surface area contributed by atoms with E-state index in [4.69, 9.17) is 4.74 Å². The molecule has 0 aliphatic carbocycles. The van der Waals surface area contributed by atoms with E-state index in [9.17, 15) is 0 Å². The molecule has 6 rings (SSSR count). The highest BCUT2D eigenvalue weighted by atomic mass is 16.5. The molecular formula is C37H35N3O. The van der Waals surface area contributed by atoms with Gasteiger partial charge in [-0.2, -0.15) is 0 Å². The third-order valence-corrected chi connectivity index (χ3v) is 7.45. The summed E-state index contributed by atoms with van der Waals surface area (Å²) in [6.45, 7) is 7.56. The van der Waals surface area contributed by atoms with E-state index in [-0.39, 0.29) is 5.41 Å². The van der Waals surface area contributed by atoms with Crippen LogP contribution in [0.1, 0.15) is 26.3 Å². The van der Waals surface area contributed by atoms with Crippen LogP contribution in [0.25, 0.3) is 33.5 Å². The molecule has 0 saturated carbocycles. The minimum atomic E-state index is 0.154. The lowest BCUT2D eigenvalue weighted by atomic mass is 9.86. The minimum absolute atomic E-state index is 0.154. The van der Waals surface area contributed by atoms with Gasteiger partial charge < -0.3 is 14.5 Å². The molecule has 0 amide bonds. The number of aromatic nitrogens is 1. The van der Waals surface area contributed by atoms with Crippen LogP contribution >= 0.6 is 0 Å². The number of hydrogen-bond donors (Lipinski definition) is 0. The van der Waals surface area contributed by atoms with E-state index in [1.807, 2.05) is 36.5 Å². The van der Waals surface area contributed by atoms with Crippen molar-refractivity contribution in [1.82, 2.24) is 9.88 Å². The Kier molecular flexibility index (Phi) is 7.07. The number of pyridine rings is 1. The molecular weight excluding hydrogens is 502 g/mol. The van der Waals surface area contributed by atoms with Crippen LogP contribution in [0.4, 0.5) is 5.69 Å². The van der Waals surface area contributed by atoms with Gasteiger partial charge in [0.2, 0.25) is 0 Å². The lowest BCUT2D eigenvalue weighted by molar-refractivity contribution is 0.481. The van der Waals surface area contributed by atoms with Gasteiger partial charge in [0.05, 0.1) is 12.4 Å². The van der Waals surface area contributed by atoms with Crippen LogP contribution < -0.4 is 9.64 Å². The molecule has 0 saturated heterocycles. The minimum Gasteiger partial charge on any atom is -0.457 e. The van der Waals surface area contributed by atoms with Gasteiger partial charge >= 0.3 is 0 Å². The summed E-state index contributed by atoms with van der Waals surface area (Å²) in [6.07, 6.45) is 6.02.